The first-order valence-electron chi connectivity index (χ1n) is 9.55. The minimum absolute atomic E-state index is 0.189. The average Bonchev–Trinajstić information content (AvgIpc) is 3.33. The first-order valence-corrected chi connectivity index (χ1v) is 9.93. The van der Waals surface area contributed by atoms with Crippen LogP contribution < -0.4 is 5.32 Å². The maximum Gasteiger partial charge on any atom is 0.310 e. The Hall–Kier alpha value is -2.67. The highest BCUT2D eigenvalue weighted by Gasteiger charge is 2.21. The second kappa shape index (κ2) is 8.14. The van der Waals surface area contributed by atoms with Crippen molar-refractivity contribution in [3.05, 3.63) is 41.4 Å². The predicted molar refractivity (Wildman–Crippen MR) is 108 cm³/mol. The number of aromatic nitrogens is 4. The molecule has 0 aliphatic heterocycles. The van der Waals surface area contributed by atoms with E-state index in [9.17, 15) is 4.79 Å². The molecule has 2 heterocycles. The number of hydrogen-bond acceptors (Lipinski definition) is 6. The molecule has 8 heteroatoms. The van der Waals surface area contributed by atoms with Crippen molar-refractivity contribution in [1.82, 2.24) is 19.5 Å². The van der Waals surface area contributed by atoms with Gasteiger partial charge in [0, 0.05) is 11.7 Å². The Morgan fingerprint density at radius 3 is 2.71 bits per heavy atom. The molecule has 1 saturated carbocycles. The molecule has 0 saturated heterocycles. The molecule has 0 amide bonds. The van der Waals surface area contributed by atoms with Crippen molar-refractivity contribution in [3.8, 4) is 0 Å². The molecule has 1 fully saturated rings. The van der Waals surface area contributed by atoms with Crippen LogP contribution in [0.25, 0.3) is 11.2 Å². The van der Waals surface area contributed by atoms with Crippen molar-refractivity contribution in [3.63, 3.8) is 0 Å². The van der Waals surface area contributed by atoms with Gasteiger partial charge in [-0.15, -0.1) is 0 Å². The molecule has 28 heavy (non-hydrogen) atoms. The minimum atomic E-state index is -0.232. The van der Waals surface area contributed by atoms with Gasteiger partial charge in [-0.3, -0.25) is 4.79 Å². The number of ether oxygens (including phenoxy) is 1. The number of nitrogens with zero attached hydrogens (tertiary/aromatic N) is 4. The summed E-state index contributed by atoms with van der Waals surface area (Å²) in [5.41, 5.74) is 3.18. The molecule has 1 aliphatic rings. The van der Waals surface area contributed by atoms with Crippen LogP contribution in [0.4, 0.5) is 11.5 Å². The lowest BCUT2D eigenvalue weighted by atomic mass is 10.1. The molecule has 0 radical (unpaired) electrons. The lowest BCUT2D eigenvalue weighted by Crippen LogP contribution is -2.07. The van der Waals surface area contributed by atoms with Gasteiger partial charge in [-0.25, -0.2) is 4.98 Å². The first-order chi connectivity index (χ1) is 13.6. The van der Waals surface area contributed by atoms with Gasteiger partial charge in [0.2, 0.25) is 5.28 Å². The zero-order valence-electron chi connectivity index (χ0n) is 15.7. The molecular weight excluding hydrogens is 378 g/mol. The monoisotopic (exact) mass is 399 g/mol. The third kappa shape index (κ3) is 3.94. The summed E-state index contributed by atoms with van der Waals surface area (Å²) in [6.45, 7) is 2.18. The summed E-state index contributed by atoms with van der Waals surface area (Å²) in [7, 11) is 0. The topological polar surface area (TPSA) is 81.9 Å². The van der Waals surface area contributed by atoms with E-state index in [0.29, 0.717) is 24.0 Å². The number of anilines is 2. The number of carbonyl (C=O) groups excluding carboxylic acids is 1. The Kier molecular flexibility index (Phi) is 5.43. The Balaban J connectivity index is 1.57. The number of esters is 1. The molecule has 1 aromatic carbocycles. The highest BCUT2D eigenvalue weighted by atomic mass is 35.5. The largest absolute Gasteiger partial charge is 0.466 e. The lowest BCUT2D eigenvalue weighted by Gasteiger charge is -2.12. The normalized spacial score (nSPS) is 14.5. The summed E-state index contributed by atoms with van der Waals surface area (Å²) in [6, 6.07) is 7.98. The first kappa shape index (κ1) is 18.7. The summed E-state index contributed by atoms with van der Waals surface area (Å²) in [5.74, 6) is 0.342. The van der Waals surface area contributed by atoms with Crippen molar-refractivity contribution in [2.45, 2.75) is 45.1 Å². The summed E-state index contributed by atoms with van der Waals surface area (Å²) < 4.78 is 7.10. The number of rotatable bonds is 6. The van der Waals surface area contributed by atoms with Crippen LogP contribution in [0, 0.1) is 0 Å². The second-order valence-electron chi connectivity index (χ2n) is 6.91. The Morgan fingerprint density at radius 2 is 2.00 bits per heavy atom. The van der Waals surface area contributed by atoms with Gasteiger partial charge < -0.3 is 14.6 Å². The molecule has 4 rings (SSSR count). The molecule has 1 aliphatic carbocycles. The van der Waals surface area contributed by atoms with Crippen molar-refractivity contribution in [2.75, 3.05) is 11.9 Å². The molecule has 0 bridgehead atoms. The lowest BCUT2D eigenvalue weighted by molar-refractivity contribution is -0.142. The molecule has 0 atom stereocenters. The number of imidazole rings is 1. The van der Waals surface area contributed by atoms with Crippen LogP contribution in [0.5, 0.6) is 0 Å². The zero-order valence-corrected chi connectivity index (χ0v) is 16.4. The molecule has 0 unspecified atom stereocenters. The smallest absolute Gasteiger partial charge is 0.310 e. The third-order valence-electron chi connectivity index (χ3n) is 4.98. The van der Waals surface area contributed by atoms with Crippen molar-refractivity contribution < 1.29 is 9.53 Å². The van der Waals surface area contributed by atoms with E-state index in [0.717, 1.165) is 29.7 Å². The number of carbonyl (C=O) groups is 1. The third-order valence-corrected chi connectivity index (χ3v) is 5.15. The highest BCUT2D eigenvalue weighted by Crippen LogP contribution is 2.33. The Morgan fingerprint density at radius 1 is 1.25 bits per heavy atom. The predicted octanol–water partition coefficient (Wildman–Crippen LogP) is 4.44. The van der Waals surface area contributed by atoms with Crippen LogP contribution in [0.1, 0.15) is 44.2 Å². The summed E-state index contributed by atoms with van der Waals surface area (Å²) in [5, 5.41) is 3.46. The van der Waals surface area contributed by atoms with Gasteiger partial charge in [0.15, 0.2) is 17.0 Å². The van der Waals surface area contributed by atoms with Gasteiger partial charge >= 0.3 is 5.97 Å². The van der Waals surface area contributed by atoms with E-state index in [2.05, 4.69) is 24.8 Å². The van der Waals surface area contributed by atoms with Crippen molar-refractivity contribution >= 4 is 40.2 Å². The summed E-state index contributed by atoms with van der Waals surface area (Å²) in [4.78, 5) is 24.9. The van der Waals surface area contributed by atoms with Gasteiger partial charge in [-0.2, -0.15) is 9.97 Å². The fraction of sp³-hybridized carbons (Fsp3) is 0.400. The molecule has 7 nitrogen and oxygen atoms in total. The van der Waals surface area contributed by atoms with E-state index in [1.54, 1.807) is 6.92 Å². The van der Waals surface area contributed by atoms with Gasteiger partial charge in [-0.05, 0) is 49.1 Å². The van der Waals surface area contributed by atoms with Gasteiger partial charge in [-0.1, -0.05) is 25.0 Å². The van der Waals surface area contributed by atoms with E-state index >= 15 is 0 Å². The number of hydrogen-bond donors (Lipinski definition) is 1. The average molecular weight is 400 g/mol. The quantitative estimate of drug-likeness (QED) is 0.487. The number of halogens is 1. The van der Waals surface area contributed by atoms with Gasteiger partial charge in [0.1, 0.15) is 0 Å². The number of benzene rings is 1. The van der Waals surface area contributed by atoms with E-state index in [1.165, 1.54) is 12.8 Å². The Labute approximate surface area is 168 Å². The maximum absolute atomic E-state index is 11.6. The second-order valence-corrected chi connectivity index (χ2v) is 7.25. The summed E-state index contributed by atoms with van der Waals surface area (Å²) in [6.07, 6.45) is 6.82. The minimum Gasteiger partial charge on any atom is -0.466 e. The zero-order chi connectivity index (χ0) is 19.5. The molecule has 0 spiro atoms. The van der Waals surface area contributed by atoms with E-state index in [4.69, 9.17) is 16.3 Å². The van der Waals surface area contributed by atoms with Crippen LogP contribution >= 0.6 is 11.6 Å². The van der Waals surface area contributed by atoms with Crippen LogP contribution in [0.3, 0.4) is 0 Å². The van der Waals surface area contributed by atoms with Gasteiger partial charge in [0.25, 0.3) is 0 Å². The standard InChI is InChI=1S/C20H22ClN5O2/c1-2-28-16(27)11-13-7-9-14(10-8-13)23-18-17-19(25-20(21)24-18)26(12-22-17)15-5-3-4-6-15/h7-10,12,15H,2-6,11H2,1H3,(H,23,24,25). The molecule has 146 valence electrons. The van der Waals surface area contributed by atoms with Crippen LogP contribution in [-0.4, -0.2) is 32.1 Å². The number of nitrogens with one attached hydrogen (secondary N) is 1. The molecular formula is C20H22ClN5O2. The molecule has 2 aromatic heterocycles. The van der Waals surface area contributed by atoms with Crippen molar-refractivity contribution in [2.24, 2.45) is 0 Å². The SMILES string of the molecule is CCOC(=O)Cc1ccc(Nc2nc(Cl)nc3c2ncn3C2CCCC2)cc1. The van der Waals surface area contributed by atoms with Crippen LogP contribution in [0.15, 0.2) is 30.6 Å². The molecule has 1 N–H and O–H groups in total. The highest BCUT2D eigenvalue weighted by molar-refractivity contribution is 6.28. The summed E-state index contributed by atoms with van der Waals surface area (Å²) >= 11 is 6.18. The van der Waals surface area contributed by atoms with E-state index in [1.807, 2.05) is 30.6 Å². The fourth-order valence-corrected chi connectivity index (χ4v) is 3.81. The van der Waals surface area contributed by atoms with E-state index < -0.39 is 0 Å². The fourth-order valence-electron chi connectivity index (χ4n) is 3.65. The van der Waals surface area contributed by atoms with Crippen molar-refractivity contribution in [1.29, 1.82) is 0 Å². The maximum atomic E-state index is 11.6. The Bertz CT molecular complexity index is 980. The van der Waals surface area contributed by atoms with E-state index in [-0.39, 0.29) is 17.7 Å². The van der Waals surface area contributed by atoms with Crippen LogP contribution in [-0.2, 0) is 16.0 Å². The molecule has 3 aromatic rings. The van der Waals surface area contributed by atoms with Crippen LogP contribution in [0.2, 0.25) is 5.28 Å². The number of fused-ring (bicyclic) bond motifs is 1. The van der Waals surface area contributed by atoms with Gasteiger partial charge in [0.05, 0.1) is 19.4 Å².